The van der Waals surface area contributed by atoms with Gasteiger partial charge < -0.3 is 26.0 Å². The topological polar surface area (TPSA) is 129 Å². The molecule has 1 aromatic heterocycles. The lowest BCUT2D eigenvalue weighted by Crippen LogP contribution is -2.50. The summed E-state index contributed by atoms with van der Waals surface area (Å²) in [5, 5.41) is 12.0. The minimum Gasteiger partial charge on any atom is -0.391 e. The lowest BCUT2D eigenvalue weighted by molar-refractivity contribution is -0.130. The molecule has 182 valence electrons. The highest BCUT2D eigenvalue weighted by molar-refractivity contribution is 5.97. The molecule has 1 aliphatic rings. The summed E-state index contributed by atoms with van der Waals surface area (Å²) in [6, 6.07) is 8.40. The van der Waals surface area contributed by atoms with Gasteiger partial charge in [-0.15, -0.1) is 0 Å². The first-order chi connectivity index (χ1) is 16.1. The van der Waals surface area contributed by atoms with Crippen molar-refractivity contribution in [2.45, 2.75) is 45.8 Å². The molecule has 3 rings (SSSR count). The zero-order valence-electron chi connectivity index (χ0n) is 20.0. The molecule has 0 saturated carbocycles. The van der Waals surface area contributed by atoms with E-state index in [1.54, 1.807) is 12.1 Å². The van der Waals surface area contributed by atoms with Crippen LogP contribution in [0.1, 0.15) is 40.4 Å². The van der Waals surface area contributed by atoms with Crippen LogP contribution in [0.25, 0.3) is 0 Å². The van der Waals surface area contributed by atoms with Gasteiger partial charge in [0.1, 0.15) is 11.9 Å². The van der Waals surface area contributed by atoms with Crippen LogP contribution >= 0.6 is 0 Å². The van der Waals surface area contributed by atoms with E-state index in [-0.39, 0.29) is 11.5 Å². The smallest absolute Gasteiger partial charge is 0.253 e. The molecule has 2 heterocycles. The van der Waals surface area contributed by atoms with Gasteiger partial charge in [0.05, 0.1) is 18.1 Å². The van der Waals surface area contributed by atoms with E-state index in [0.29, 0.717) is 31.9 Å². The molecule has 4 N–H and O–H groups in total. The molecule has 1 fully saturated rings. The van der Waals surface area contributed by atoms with E-state index in [9.17, 15) is 19.5 Å². The van der Waals surface area contributed by atoms with E-state index >= 15 is 0 Å². The second kappa shape index (κ2) is 11.1. The van der Waals surface area contributed by atoms with Crippen LogP contribution in [-0.2, 0) is 16.0 Å². The zero-order chi connectivity index (χ0) is 24.8. The fourth-order valence-corrected chi connectivity index (χ4v) is 4.21. The number of amides is 3. The van der Waals surface area contributed by atoms with Crippen LogP contribution in [0, 0.1) is 13.8 Å². The highest BCUT2D eigenvalue weighted by Crippen LogP contribution is 2.16. The SMILES string of the molecule is Cc1cc(C)cc(CC(=O)N2CCCN(c3ccc(C(=O)NC(C(N)=O)C(C)O)cn3)CC2)c1. The van der Waals surface area contributed by atoms with Crippen LogP contribution < -0.4 is 16.0 Å². The lowest BCUT2D eigenvalue weighted by Gasteiger charge is -2.23. The summed E-state index contributed by atoms with van der Waals surface area (Å²) < 4.78 is 0. The van der Waals surface area contributed by atoms with Crippen LogP contribution in [0.4, 0.5) is 5.82 Å². The molecule has 34 heavy (non-hydrogen) atoms. The van der Waals surface area contributed by atoms with Crippen molar-refractivity contribution in [3.05, 3.63) is 58.8 Å². The third kappa shape index (κ3) is 6.54. The molecule has 2 aromatic rings. The van der Waals surface area contributed by atoms with Gasteiger partial charge >= 0.3 is 0 Å². The highest BCUT2D eigenvalue weighted by atomic mass is 16.3. The molecule has 9 nitrogen and oxygen atoms in total. The average Bonchev–Trinajstić information content (AvgIpc) is 3.02. The number of nitrogens with zero attached hydrogens (tertiary/aromatic N) is 3. The molecule has 0 aliphatic carbocycles. The van der Waals surface area contributed by atoms with Gasteiger partial charge in [-0.05, 0) is 44.9 Å². The first-order valence-corrected chi connectivity index (χ1v) is 11.5. The number of hydrogen-bond donors (Lipinski definition) is 3. The zero-order valence-corrected chi connectivity index (χ0v) is 20.0. The Bertz CT molecular complexity index is 1020. The van der Waals surface area contributed by atoms with Crippen molar-refractivity contribution in [1.82, 2.24) is 15.2 Å². The molecule has 1 aliphatic heterocycles. The third-order valence-electron chi connectivity index (χ3n) is 5.90. The summed E-state index contributed by atoms with van der Waals surface area (Å²) in [4.78, 5) is 45.1. The van der Waals surface area contributed by atoms with Gasteiger partial charge in [0.15, 0.2) is 0 Å². The number of carbonyl (C=O) groups is 3. The number of anilines is 1. The molecule has 2 unspecified atom stereocenters. The van der Waals surface area contributed by atoms with Crippen LogP contribution in [-0.4, -0.2) is 71.0 Å². The van der Waals surface area contributed by atoms with Crippen LogP contribution in [0.2, 0.25) is 0 Å². The minimum absolute atomic E-state index is 0.119. The van der Waals surface area contributed by atoms with Crippen molar-refractivity contribution in [3.63, 3.8) is 0 Å². The summed E-state index contributed by atoms with van der Waals surface area (Å²) in [6.45, 7) is 8.13. The predicted molar refractivity (Wildman–Crippen MR) is 129 cm³/mol. The van der Waals surface area contributed by atoms with E-state index in [1.165, 1.54) is 13.1 Å². The van der Waals surface area contributed by atoms with E-state index in [0.717, 1.165) is 29.7 Å². The number of aromatic nitrogens is 1. The summed E-state index contributed by atoms with van der Waals surface area (Å²) in [6.07, 6.45) is 1.53. The van der Waals surface area contributed by atoms with Gasteiger partial charge in [-0.2, -0.15) is 0 Å². The van der Waals surface area contributed by atoms with Crippen molar-refractivity contribution in [2.24, 2.45) is 5.73 Å². The molecule has 1 aromatic carbocycles. The number of benzene rings is 1. The molecule has 9 heteroatoms. The van der Waals surface area contributed by atoms with E-state index in [4.69, 9.17) is 5.73 Å². The maximum absolute atomic E-state index is 12.9. The number of aliphatic hydroxyl groups excluding tert-OH is 1. The van der Waals surface area contributed by atoms with Gasteiger partial charge in [-0.1, -0.05) is 29.3 Å². The molecule has 1 saturated heterocycles. The molecule has 3 amide bonds. The van der Waals surface area contributed by atoms with Gasteiger partial charge in [0.25, 0.3) is 5.91 Å². The Hall–Kier alpha value is -3.46. The number of aryl methyl sites for hydroxylation is 2. The number of nitrogens with two attached hydrogens (primary N) is 1. The van der Waals surface area contributed by atoms with Gasteiger partial charge in [0, 0.05) is 32.4 Å². The average molecular weight is 468 g/mol. The van der Waals surface area contributed by atoms with Gasteiger partial charge in [-0.25, -0.2) is 4.98 Å². The Kier molecular flexibility index (Phi) is 8.22. The Balaban J connectivity index is 1.59. The molecule has 0 spiro atoms. The van der Waals surface area contributed by atoms with Crippen molar-refractivity contribution in [2.75, 3.05) is 31.1 Å². The van der Waals surface area contributed by atoms with Crippen molar-refractivity contribution in [3.8, 4) is 0 Å². The van der Waals surface area contributed by atoms with E-state index in [1.807, 2.05) is 18.7 Å². The highest BCUT2D eigenvalue weighted by Gasteiger charge is 2.24. The maximum atomic E-state index is 12.9. The summed E-state index contributed by atoms with van der Waals surface area (Å²) in [5.41, 5.74) is 8.83. The van der Waals surface area contributed by atoms with Crippen molar-refractivity contribution >= 4 is 23.5 Å². The fraction of sp³-hybridized carbons (Fsp3) is 0.440. The van der Waals surface area contributed by atoms with Crippen molar-refractivity contribution < 1.29 is 19.5 Å². The number of hydrogen-bond acceptors (Lipinski definition) is 6. The number of carbonyl (C=O) groups excluding carboxylic acids is 3. The Morgan fingerprint density at radius 3 is 2.38 bits per heavy atom. The number of pyridine rings is 1. The first-order valence-electron chi connectivity index (χ1n) is 11.5. The fourth-order valence-electron chi connectivity index (χ4n) is 4.21. The Labute approximate surface area is 199 Å². The summed E-state index contributed by atoms with van der Waals surface area (Å²) in [7, 11) is 0. The number of primary amides is 1. The van der Waals surface area contributed by atoms with Gasteiger partial charge in [0.2, 0.25) is 11.8 Å². The number of nitrogens with one attached hydrogen (secondary N) is 1. The molecular weight excluding hydrogens is 434 g/mol. The van der Waals surface area contributed by atoms with Crippen LogP contribution in [0.5, 0.6) is 0 Å². The molecule has 2 atom stereocenters. The largest absolute Gasteiger partial charge is 0.391 e. The third-order valence-corrected chi connectivity index (χ3v) is 5.90. The number of rotatable bonds is 7. The van der Waals surface area contributed by atoms with Gasteiger partial charge in [-0.3, -0.25) is 14.4 Å². The predicted octanol–water partition coefficient (Wildman–Crippen LogP) is 0.944. The second-order valence-corrected chi connectivity index (χ2v) is 8.89. The normalized spacial score (nSPS) is 15.9. The molecule has 0 bridgehead atoms. The van der Waals surface area contributed by atoms with E-state index < -0.39 is 24.0 Å². The standard InChI is InChI=1S/C25H33N5O4/c1-16-11-17(2)13-19(12-16)14-22(32)30-8-4-7-29(9-10-30)21-6-5-20(15-27-21)25(34)28-23(18(3)31)24(26)33/h5-6,11-13,15,18,23,31H,4,7-10,14H2,1-3H3,(H2,26,33)(H,28,34). The monoisotopic (exact) mass is 467 g/mol. The minimum atomic E-state index is -1.18. The quantitative estimate of drug-likeness (QED) is 0.556. The summed E-state index contributed by atoms with van der Waals surface area (Å²) in [5.74, 6) is -0.520. The molecule has 0 radical (unpaired) electrons. The van der Waals surface area contributed by atoms with Crippen molar-refractivity contribution in [1.29, 1.82) is 0 Å². The maximum Gasteiger partial charge on any atom is 0.253 e. The summed E-state index contributed by atoms with van der Waals surface area (Å²) >= 11 is 0. The Morgan fingerprint density at radius 1 is 1.09 bits per heavy atom. The second-order valence-electron chi connectivity index (χ2n) is 8.89. The van der Waals surface area contributed by atoms with Crippen LogP contribution in [0.15, 0.2) is 36.5 Å². The van der Waals surface area contributed by atoms with Crippen LogP contribution in [0.3, 0.4) is 0 Å². The molecular formula is C25H33N5O4. The lowest BCUT2D eigenvalue weighted by atomic mass is 10.0. The van der Waals surface area contributed by atoms with E-state index in [2.05, 4.69) is 33.4 Å². The first kappa shape index (κ1) is 25.2. The number of aliphatic hydroxyl groups is 1. The Morgan fingerprint density at radius 2 is 1.79 bits per heavy atom.